The van der Waals surface area contributed by atoms with Gasteiger partial charge in [-0.3, -0.25) is 10.1 Å². The second kappa shape index (κ2) is 7.18. The van der Waals surface area contributed by atoms with Gasteiger partial charge in [0.15, 0.2) is 12.4 Å². The average molecular weight is 362 g/mol. The molecule has 3 aromatic rings. The van der Waals surface area contributed by atoms with Gasteiger partial charge in [0, 0.05) is 10.6 Å². The van der Waals surface area contributed by atoms with Gasteiger partial charge in [0.2, 0.25) is 5.89 Å². The second-order valence-corrected chi connectivity index (χ2v) is 5.32. The third-order valence-corrected chi connectivity index (χ3v) is 3.52. The number of nitro groups is 1. The molecule has 9 heteroatoms. The summed E-state index contributed by atoms with van der Waals surface area (Å²) in [6, 6.07) is 11.2. The van der Waals surface area contributed by atoms with Gasteiger partial charge >= 0.3 is 5.69 Å². The second-order valence-electron chi connectivity index (χ2n) is 4.89. The van der Waals surface area contributed by atoms with Gasteiger partial charge in [-0.05, 0) is 36.4 Å². The molecule has 0 atom stereocenters. The number of methoxy groups -OCH3 is 1. The van der Waals surface area contributed by atoms with E-state index in [1.54, 1.807) is 30.3 Å². The molecule has 128 valence electrons. The van der Waals surface area contributed by atoms with Crippen LogP contribution >= 0.6 is 11.6 Å². The van der Waals surface area contributed by atoms with Crippen LogP contribution in [0.1, 0.15) is 5.89 Å². The minimum atomic E-state index is -0.551. The lowest BCUT2D eigenvalue weighted by molar-refractivity contribution is -0.386. The minimum Gasteiger partial charge on any atom is -0.496 e. The topological polar surface area (TPSA) is 101 Å². The van der Waals surface area contributed by atoms with Gasteiger partial charge in [-0.15, -0.1) is 10.2 Å². The van der Waals surface area contributed by atoms with Gasteiger partial charge in [0.1, 0.15) is 5.75 Å². The Bertz CT molecular complexity index is 895. The van der Waals surface area contributed by atoms with Crippen molar-refractivity contribution in [1.82, 2.24) is 10.2 Å². The predicted molar refractivity (Wildman–Crippen MR) is 88.7 cm³/mol. The van der Waals surface area contributed by atoms with Crippen LogP contribution in [0.5, 0.6) is 11.5 Å². The molecule has 0 unspecified atom stereocenters. The smallest absolute Gasteiger partial charge is 0.314 e. The fourth-order valence-electron chi connectivity index (χ4n) is 2.05. The fourth-order valence-corrected chi connectivity index (χ4v) is 2.18. The highest BCUT2D eigenvalue weighted by Crippen LogP contribution is 2.31. The molecular formula is C16H12ClN3O5. The highest BCUT2D eigenvalue weighted by molar-refractivity contribution is 6.30. The lowest BCUT2D eigenvalue weighted by Gasteiger charge is -2.06. The van der Waals surface area contributed by atoms with Crippen LogP contribution in [0.2, 0.25) is 5.02 Å². The van der Waals surface area contributed by atoms with Gasteiger partial charge in [0.05, 0.1) is 18.1 Å². The highest BCUT2D eigenvalue weighted by atomic mass is 35.5. The zero-order valence-electron chi connectivity index (χ0n) is 13.0. The molecule has 0 bridgehead atoms. The van der Waals surface area contributed by atoms with Crippen LogP contribution in [-0.4, -0.2) is 22.2 Å². The summed E-state index contributed by atoms with van der Waals surface area (Å²) in [5.74, 6) is 0.938. The molecule has 0 amide bonds. The molecule has 1 heterocycles. The van der Waals surface area contributed by atoms with Gasteiger partial charge in [-0.25, -0.2) is 0 Å². The Kier molecular flexibility index (Phi) is 4.80. The summed E-state index contributed by atoms with van der Waals surface area (Å²) in [7, 11) is 1.43. The van der Waals surface area contributed by atoms with Crippen LogP contribution < -0.4 is 9.47 Å². The Morgan fingerprint density at radius 3 is 2.64 bits per heavy atom. The molecule has 0 radical (unpaired) electrons. The lowest BCUT2D eigenvalue weighted by atomic mass is 10.2. The van der Waals surface area contributed by atoms with E-state index in [-0.39, 0.29) is 23.9 Å². The molecule has 0 fully saturated rings. The summed E-state index contributed by atoms with van der Waals surface area (Å²) in [5.41, 5.74) is 0.496. The van der Waals surface area contributed by atoms with E-state index in [0.717, 1.165) is 0 Å². The number of rotatable bonds is 6. The fraction of sp³-hybridized carbons (Fsp3) is 0.125. The van der Waals surface area contributed by atoms with Crippen molar-refractivity contribution >= 4 is 17.3 Å². The normalized spacial score (nSPS) is 10.5. The molecular weight excluding hydrogens is 350 g/mol. The third kappa shape index (κ3) is 3.86. The molecule has 0 aliphatic heterocycles. The summed E-state index contributed by atoms with van der Waals surface area (Å²) in [6.07, 6.45) is 0. The Hall–Kier alpha value is -3.13. The first kappa shape index (κ1) is 16.7. The summed E-state index contributed by atoms with van der Waals surface area (Å²) in [5, 5.41) is 19.5. The third-order valence-electron chi connectivity index (χ3n) is 3.27. The van der Waals surface area contributed by atoms with Crippen molar-refractivity contribution in [3.8, 4) is 23.0 Å². The monoisotopic (exact) mass is 361 g/mol. The molecule has 0 aliphatic rings. The van der Waals surface area contributed by atoms with Gasteiger partial charge in [0.25, 0.3) is 5.89 Å². The maximum absolute atomic E-state index is 11.1. The Morgan fingerprint density at radius 1 is 1.20 bits per heavy atom. The van der Waals surface area contributed by atoms with E-state index >= 15 is 0 Å². The van der Waals surface area contributed by atoms with Crippen molar-refractivity contribution in [2.45, 2.75) is 6.61 Å². The first-order valence-electron chi connectivity index (χ1n) is 7.10. The molecule has 3 rings (SSSR count). The number of hydrogen-bond acceptors (Lipinski definition) is 7. The zero-order chi connectivity index (χ0) is 17.8. The molecule has 0 spiro atoms. The molecule has 25 heavy (non-hydrogen) atoms. The maximum Gasteiger partial charge on any atom is 0.314 e. The van der Waals surface area contributed by atoms with E-state index in [4.69, 9.17) is 25.5 Å². The number of ether oxygens (including phenoxy) is 2. The first-order valence-corrected chi connectivity index (χ1v) is 7.48. The summed E-state index contributed by atoms with van der Waals surface area (Å²) in [4.78, 5) is 10.6. The zero-order valence-corrected chi connectivity index (χ0v) is 13.8. The van der Waals surface area contributed by atoms with Gasteiger partial charge in [-0.2, -0.15) is 0 Å². The Balaban J connectivity index is 1.74. The summed E-state index contributed by atoms with van der Waals surface area (Å²) >= 11 is 5.83. The maximum atomic E-state index is 11.1. The van der Waals surface area contributed by atoms with Crippen LogP contribution in [0.3, 0.4) is 0 Å². The average Bonchev–Trinajstić information content (AvgIpc) is 3.09. The van der Waals surface area contributed by atoms with Crippen LogP contribution in [-0.2, 0) is 6.61 Å². The molecule has 8 nitrogen and oxygen atoms in total. The summed E-state index contributed by atoms with van der Waals surface area (Å²) < 4.78 is 15.9. The molecule has 0 aliphatic carbocycles. The van der Waals surface area contributed by atoms with Crippen molar-refractivity contribution in [1.29, 1.82) is 0 Å². The molecule has 1 aromatic heterocycles. The standard InChI is InChI=1S/C16H12ClN3O5/c1-23-12-6-7-14(13(8-12)20(21)22)24-9-15-18-19-16(25-15)10-2-4-11(17)5-3-10/h2-8H,9H2,1H3. The Morgan fingerprint density at radius 2 is 1.96 bits per heavy atom. The number of benzene rings is 2. The van der Waals surface area contributed by atoms with E-state index in [1.165, 1.54) is 19.2 Å². The van der Waals surface area contributed by atoms with E-state index in [1.807, 2.05) is 0 Å². The molecule has 0 saturated carbocycles. The van der Waals surface area contributed by atoms with Crippen molar-refractivity contribution in [2.75, 3.05) is 7.11 Å². The van der Waals surface area contributed by atoms with Crippen molar-refractivity contribution in [3.05, 3.63) is 63.5 Å². The number of nitro benzene ring substituents is 1. The van der Waals surface area contributed by atoms with Crippen LogP contribution in [0.4, 0.5) is 5.69 Å². The molecule has 0 saturated heterocycles. The van der Waals surface area contributed by atoms with Crippen molar-refractivity contribution in [3.63, 3.8) is 0 Å². The van der Waals surface area contributed by atoms with E-state index < -0.39 is 4.92 Å². The quantitative estimate of drug-likeness (QED) is 0.485. The van der Waals surface area contributed by atoms with Crippen molar-refractivity contribution in [2.24, 2.45) is 0 Å². The highest BCUT2D eigenvalue weighted by Gasteiger charge is 2.18. The molecule has 0 N–H and O–H groups in total. The van der Waals surface area contributed by atoms with Crippen LogP contribution in [0.15, 0.2) is 46.9 Å². The number of nitrogens with zero attached hydrogens (tertiary/aromatic N) is 3. The summed E-state index contributed by atoms with van der Waals surface area (Å²) in [6.45, 7) is -0.103. The largest absolute Gasteiger partial charge is 0.496 e. The molecule has 2 aromatic carbocycles. The number of halogens is 1. The van der Waals surface area contributed by atoms with Crippen LogP contribution in [0, 0.1) is 10.1 Å². The van der Waals surface area contributed by atoms with E-state index in [9.17, 15) is 10.1 Å². The predicted octanol–water partition coefficient (Wildman–Crippen LogP) is 3.89. The van der Waals surface area contributed by atoms with E-state index in [2.05, 4.69) is 10.2 Å². The van der Waals surface area contributed by atoms with Crippen molar-refractivity contribution < 1.29 is 18.8 Å². The van der Waals surface area contributed by atoms with Gasteiger partial charge in [-0.1, -0.05) is 11.6 Å². The minimum absolute atomic E-state index is 0.0806. The first-order chi connectivity index (χ1) is 12.1. The van der Waals surface area contributed by atoms with Gasteiger partial charge < -0.3 is 13.9 Å². The van der Waals surface area contributed by atoms with E-state index in [0.29, 0.717) is 22.2 Å². The lowest BCUT2D eigenvalue weighted by Crippen LogP contribution is -2.00. The van der Waals surface area contributed by atoms with Crippen LogP contribution in [0.25, 0.3) is 11.5 Å². The SMILES string of the molecule is COc1ccc(OCc2nnc(-c3ccc(Cl)cc3)o2)c([N+](=O)[O-])c1. The number of hydrogen-bond donors (Lipinski definition) is 0. The Labute approximate surface area is 147 Å². The number of aromatic nitrogens is 2.